The van der Waals surface area contributed by atoms with Gasteiger partial charge in [-0.15, -0.1) is 13.2 Å². The Morgan fingerprint density at radius 2 is 1.67 bits per heavy atom. The molecule has 18 heavy (non-hydrogen) atoms. The number of hydrogen-bond donors (Lipinski definition) is 1. The Morgan fingerprint density at radius 3 is 2.11 bits per heavy atom. The fraction of sp³-hybridized carbons (Fsp3) is 0.231. The molecule has 0 saturated heterocycles. The molecule has 1 N–H and O–H groups in total. The molecule has 5 heteroatoms. The minimum absolute atomic E-state index is 0.243. The van der Waals surface area contributed by atoms with Crippen molar-refractivity contribution in [3.63, 3.8) is 0 Å². The highest BCUT2D eigenvalue weighted by molar-refractivity contribution is 7.90. The van der Waals surface area contributed by atoms with Crippen LogP contribution >= 0.6 is 0 Å². The molecule has 0 aliphatic rings. The predicted molar refractivity (Wildman–Crippen MR) is 75.7 cm³/mol. The molecule has 0 heterocycles. The molecule has 4 nitrogen and oxygen atoms in total. The van der Waals surface area contributed by atoms with E-state index < -0.39 is 10.2 Å². The number of anilines is 1. The van der Waals surface area contributed by atoms with Crippen LogP contribution in [0.5, 0.6) is 0 Å². The summed E-state index contributed by atoms with van der Waals surface area (Å²) in [6.07, 6.45) is 3.08. The van der Waals surface area contributed by atoms with Crippen molar-refractivity contribution >= 4 is 15.9 Å². The number of nitrogens with zero attached hydrogens (tertiary/aromatic N) is 1. The molecule has 0 aliphatic carbocycles. The molecule has 0 aromatic heterocycles. The normalized spacial score (nSPS) is 11.2. The van der Waals surface area contributed by atoms with Crippen LogP contribution in [0.2, 0.25) is 0 Å². The Balaban J connectivity index is 2.87. The molecule has 0 unspecified atom stereocenters. The molecule has 0 atom stereocenters. The molecular formula is C13H18N2O2S. The van der Waals surface area contributed by atoms with Crippen molar-refractivity contribution in [1.82, 2.24) is 4.31 Å². The van der Waals surface area contributed by atoms with Gasteiger partial charge >= 0.3 is 10.2 Å². The van der Waals surface area contributed by atoms with Gasteiger partial charge < -0.3 is 0 Å². The van der Waals surface area contributed by atoms with Gasteiger partial charge in [0.15, 0.2) is 0 Å². The minimum Gasteiger partial charge on any atom is -0.271 e. The van der Waals surface area contributed by atoms with Crippen LogP contribution in [-0.2, 0) is 10.2 Å². The van der Waals surface area contributed by atoms with Crippen molar-refractivity contribution in [2.45, 2.75) is 6.92 Å². The highest BCUT2D eigenvalue weighted by atomic mass is 32.2. The summed E-state index contributed by atoms with van der Waals surface area (Å²) in [7, 11) is -3.57. The number of rotatable bonds is 7. The van der Waals surface area contributed by atoms with Crippen LogP contribution in [0.15, 0.2) is 49.6 Å². The third-order valence-electron chi connectivity index (χ3n) is 2.30. The van der Waals surface area contributed by atoms with Gasteiger partial charge in [-0.05, 0) is 19.1 Å². The van der Waals surface area contributed by atoms with E-state index in [0.29, 0.717) is 5.69 Å². The van der Waals surface area contributed by atoms with Crippen molar-refractivity contribution in [2.75, 3.05) is 17.8 Å². The number of nitrogens with one attached hydrogen (secondary N) is 1. The third-order valence-corrected chi connectivity index (χ3v) is 3.78. The van der Waals surface area contributed by atoms with Gasteiger partial charge in [-0.2, -0.15) is 12.7 Å². The SMILES string of the molecule is C=CCN(CC=C)S(=O)(=O)Nc1ccc(C)cc1. The van der Waals surface area contributed by atoms with Crippen molar-refractivity contribution in [1.29, 1.82) is 0 Å². The van der Waals surface area contributed by atoms with Crippen molar-refractivity contribution in [2.24, 2.45) is 0 Å². The van der Waals surface area contributed by atoms with E-state index in [2.05, 4.69) is 17.9 Å². The monoisotopic (exact) mass is 266 g/mol. The zero-order chi connectivity index (χ0) is 13.6. The standard InChI is InChI=1S/C13H18N2O2S/c1-4-10-15(11-5-2)18(16,17)14-13-8-6-12(3)7-9-13/h4-9,14H,1-2,10-11H2,3H3. The molecule has 0 bridgehead atoms. The number of benzene rings is 1. The summed E-state index contributed by atoms with van der Waals surface area (Å²) in [5, 5.41) is 0. The van der Waals surface area contributed by atoms with Gasteiger partial charge in [0.1, 0.15) is 0 Å². The first kappa shape index (κ1) is 14.5. The Morgan fingerprint density at radius 1 is 1.17 bits per heavy atom. The maximum absolute atomic E-state index is 12.1. The quantitative estimate of drug-likeness (QED) is 0.770. The maximum atomic E-state index is 12.1. The molecule has 0 aliphatic heterocycles. The smallest absolute Gasteiger partial charge is 0.271 e. The Bertz CT molecular complexity index is 496. The molecule has 0 fully saturated rings. The van der Waals surface area contributed by atoms with Crippen LogP contribution in [0.1, 0.15) is 5.56 Å². The lowest BCUT2D eigenvalue weighted by Crippen LogP contribution is -2.36. The summed E-state index contributed by atoms with van der Waals surface area (Å²) < 4.78 is 27.9. The van der Waals surface area contributed by atoms with E-state index in [1.807, 2.05) is 19.1 Å². The molecule has 0 saturated carbocycles. The van der Waals surface area contributed by atoms with Crippen molar-refractivity contribution in [3.05, 3.63) is 55.1 Å². The van der Waals surface area contributed by atoms with E-state index in [1.165, 1.54) is 16.5 Å². The lowest BCUT2D eigenvalue weighted by molar-refractivity contribution is 0.479. The van der Waals surface area contributed by atoms with E-state index in [-0.39, 0.29) is 13.1 Å². The molecular weight excluding hydrogens is 248 g/mol. The van der Waals surface area contributed by atoms with Gasteiger partial charge in [0, 0.05) is 18.8 Å². The van der Waals surface area contributed by atoms with Gasteiger partial charge in [0.2, 0.25) is 0 Å². The first-order valence-electron chi connectivity index (χ1n) is 5.56. The first-order chi connectivity index (χ1) is 8.49. The Kier molecular flexibility index (Phi) is 5.12. The molecule has 1 aromatic carbocycles. The topological polar surface area (TPSA) is 49.4 Å². The van der Waals surface area contributed by atoms with Gasteiger partial charge in [0.05, 0.1) is 0 Å². The van der Waals surface area contributed by atoms with Crippen LogP contribution in [0.25, 0.3) is 0 Å². The molecule has 98 valence electrons. The average molecular weight is 266 g/mol. The van der Waals surface area contributed by atoms with Gasteiger partial charge in [-0.25, -0.2) is 0 Å². The summed E-state index contributed by atoms with van der Waals surface area (Å²) in [4.78, 5) is 0. The zero-order valence-electron chi connectivity index (χ0n) is 10.5. The molecule has 0 amide bonds. The highest BCUT2D eigenvalue weighted by Crippen LogP contribution is 2.12. The average Bonchev–Trinajstić information content (AvgIpc) is 2.32. The van der Waals surface area contributed by atoms with Crippen LogP contribution in [-0.4, -0.2) is 25.8 Å². The van der Waals surface area contributed by atoms with Gasteiger partial charge in [-0.3, -0.25) is 4.72 Å². The predicted octanol–water partition coefficient (Wildman–Crippen LogP) is 2.33. The van der Waals surface area contributed by atoms with E-state index in [4.69, 9.17) is 0 Å². The summed E-state index contributed by atoms with van der Waals surface area (Å²) >= 11 is 0. The largest absolute Gasteiger partial charge is 0.302 e. The van der Waals surface area contributed by atoms with Crippen LogP contribution in [0.4, 0.5) is 5.69 Å². The van der Waals surface area contributed by atoms with E-state index >= 15 is 0 Å². The fourth-order valence-electron chi connectivity index (χ4n) is 1.39. The Hall–Kier alpha value is -1.59. The van der Waals surface area contributed by atoms with Crippen LogP contribution in [0, 0.1) is 6.92 Å². The summed E-state index contributed by atoms with van der Waals surface area (Å²) in [6, 6.07) is 7.16. The second kappa shape index (κ2) is 6.37. The summed E-state index contributed by atoms with van der Waals surface area (Å²) in [5.74, 6) is 0. The lowest BCUT2D eigenvalue weighted by atomic mass is 10.2. The second-order valence-electron chi connectivity index (χ2n) is 3.87. The van der Waals surface area contributed by atoms with E-state index in [9.17, 15) is 8.42 Å². The zero-order valence-corrected chi connectivity index (χ0v) is 11.3. The van der Waals surface area contributed by atoms with Crippen LogP contribution in [0.3, 0.4) is 0 Å². The van der Waals surface area contributed by atoms with Crippen LogP contribution < -0.4 is 4.72 Å². The number of hydrogen-bond acceptors (Lipinski definition) is 2. The molecule has 1 aromatic rings. The van der Waals surface area contributed by atoms with Crippen molar-refractivity contribution in [3.8, 4) is 0 Å². The van der Waals surface area contributed by atoms with Crippen molar-refractivity contribution < 1.29 is 8.42 Å². The van der Waals surface area contributed by atoms with Gasteiger partial charge in [0.25, 0.3) is 0 Å². The molecule has 1 rings (SSSR count). The molecule has 0 radical (unpaired) electrons. The van der Waals surface area contributed by atoms with E-state index in [0.717, 1.165) is 5.56 Å². The third kappa shape index (κ3) is 4.01. The summed E-state index contributed by atoms with van der Waals surface area (Å²) in [6.45, 7) is 9.52. The first-order valence-corrected chi connectivity index (χ1v) is 7.00. The number of aryl methyl sites for hydroxylation is 1. The molecule has 0 spiro atoms. The lowest BCUT2D eigenvalue weighted by Gasteiger charge is -2.19. The fourth-order valence-corrected chi connectivity index (χ4v) is 2.56. The highest BCUT2D eigenvalue weighted by Gasteiger charge is 2.19. The Labute approximate surface area is 109 Å². The summed E-state index contributed by atoms with van der Waals surface area (Å²) in [5.41, 5.74) is 1.62. The second-order valence-corrected chi connectivity index (χ2v) is 5.54. The maximum Gasteiger partial charge on any atom is 0.302 e. The van der Waals surface area contributed by atoms with Gasteiger partial charge in [-0.1, -0.05) is 29.8 Å². The minimum atomic E-state index is -3.57. The van der Waals surface area contributed by atoms with E-state index in [1.54, 1.807) is 12.1 Å².